The van der Waals surface area contributed by atoms with E-state index in [9.17, 15) is 0 Å². The van der Waals surface area contributed by atoms with E-state index < -0.39 is 0 Å². The fourth-order valence-corrected chi connectivity index (χ4v) is 2.31. The molecule has 1 N–H and O–H groups in total. The highest BCUT2D eigenvalue weighted by molar-refractivity contribution is 6.33. The number of nitriles is 1. The summed E-state index contributed by atoms with van der Waals surface area (Å²) in [5.41, 5.74) is 2.52. The smallest absolute Gasteiger partial charge is 0.163 e. The number of anilines is 1. The Labute approximate surface area is 127 Å². The zero-order chi connectivity index (χ0) is 14.7. The third-order valence-corrected chi connectivity index (χ3v) is 3.51. The van der Waals surface area contributed by atoms with Crippen LogP contribution in [0.25, 0.3) is 0 Å². The normalized spacial score (nSPS) is 12.6. The number of hydrogen-bond acceptors (Lipinski definition) is 4. The lowest BCUT2D eigenvalue weighted by molar-refractivity contribution is 0.171. The molecule has 0 saturated carbocycles. The van der Waals surface area contributed by atoms with Crippen LogP contribution in [-0.2, 0) is 6.54 Å². The Bertz CT molecular complexity index is 693. The van der Waals surface area contributed by atoms with Crippen LogP contribution in [0.3, 0.4) is 0 Å². The standard InChI is InChI=1S/C16H13ClN2O2/c17-13-7-15-16(21-6-5-20-15)8-14(13)19-10-12-3-1-11(9-18)2-4-12/h1-4,7-8,19H,5-6,10H2. The van der Waals surface area contributed by atoms with E-state index in [1.807, 2.05) is 18.2 Å². The van der Waals surface area contributed by atoms with E-state index in [1.165, 1.54) is 0 Å². The Kier molecular flexibility index (Phi) is 3.85. The molecule has 0 aromatic heterocycles. The predicted octanol–water partition coefficient (Wildman–Crippen LogP) is 3.59. The predicted molar refractivity (Wildman–Crippen MR) is 80.9 cm³/mol. The molecule has 0 spiro atoms. The maximum absolute atomic E-state index is 8.78. The van der Waals surface area contributed by atoms with Crippen molar-refractivity contribution >= 4 is 17.3 Å². The topological polar surface area (TPSA) is 54.3 Å². The Morgan fingerprint density at radius 3 is 2.43 bits per heavy atom. The van der Waals surface area contributed by atoms with Crippen molar-refractivity contribution < 1.29 is 9.47 Å². The van der Waals surface area contributed by atoms with Crippen molar-refractivity contribution in [1.29, 1.82) is 5.26 Å². The van der Waals surface area contributed by atoms with E-state index in [0.717, 1.165) is 11.3 Å². The molecule has 0 unspecified atom stereocenters. The number of rotatable bonds is 3. The summed E-state index contributed by atoms with van der Waals surface area (Å²) in [5, 5.41) is 12.6. The van der Waals surface area contributed by atoms with Gasteiger partial charge in [-0.2, -0.15) is 5.26 Å². The van der Waals surface area contributed by atoms with Crippen molar-refractivity contribution in [2.45, 2.75) is 6.54 Å². The maximum Gasteiger partial charge on any atom is 0.163 e. The van der Waals surface area contributed by atoms with Crippen LogP contribution in [0.4, 0.5) is 5.69 Å². The Balaban J connectivity index is 1.74. The second-order valence-corrected chi connectivity index (χ2v) is 5.05. The summed E-state index contributed by atoms with van der Waals surface area (Å²) in [4.78, 5) is 0. The number of benzene rings is 2. The highest BCUT2D eigenvalue weighted by atomic mass is 35.5. The van der Waals surface area contributed by atoms with Crippen LogP contribution in [0.15, 0.2) is 36.4 Å². The van der Waals surface area contributed by atoms with Crippen LogP contribution < -0.4 is 14.8 Å². The molecule has 0 saturated heterocycles. The lowest BCUT2D eigenvalue weighted by atomic mass is 10.1. The van der Waals surface area contributed by atoms with Gasteiger partial charge in [0.05, 0.1) is 22.3 Å². The van der Waals surface area contributed by atoms with E-state index in [4.69, 9.17) is 26.3 Å². The molecule has 5 heteroatoms. The number of fused-ring (bicyclic) bond motifs is 1. The number of ether oxygens (including phenoxy) is 2. The molecule has 21 heavy (non-hydrogen) atoms. The van der Waals surface area contributed by atoms with Crippen molar-refractivity contribution in [2.75, 3.05) is 18.5 Å². The molecule has 2 aromatic carbocycles. The average molecular weight is 301 g/mol. The highest BCUT2D eigenvalue weighted by Crippen LogP contribution is 2.38. The Morgan fingerprint density at radius 1 is 1.10 bits per heavy atom. The number of halogens is 1. The van der Waals surface area contributed by atoms with Gasteiger partial charge in [-0.05, 0) is 17.7 Å². The SMILES string of the molecule is N#Cc1ccc(CNc2cc3c(cc2Cl)OCCO3)cc1. The molecule has 0 atom stereocenters. The van der Waals surface area contributed by atoms with Crippen molar-refractivity contribution in [1.82, 2.24) is 0 Å². The first kappa shape index (κ1) is 13.6. The molecule has 1 aliphatic heterocycles. The van der Waals surface area contributed by atoms with E-state index in [-0.39, 0.29) is 0 Å². The molecule has 0 aliphatic carbocycles. The first-order chi connectivity index (χ1) is 10.3. The minimum absolute atomic E-state index is 0.543. The zero-order valence-corrected chi connectivity index (χ0v) is 12.0. The van der Waals surface area contributed by atoms with Crippen LogP contribution >= 0.6 is 11.6 Å². The van der Waals surface area contributed by atoms with Gasteiger partial charge in [-0.25, -0.2) is 0 Å². The summed E-state index contributed by atoms with van der Waals surface area (Å²) in [5.74, 6) is 1.38. The zero-order valence-electron chi connectivity index (χ0n) is 11.2. The molecule has 1 heterocycles. The summed E-state index contributed by atoms with van der Waals surface area (Å²) < 4.78 is 11.0. The fraction of sp³-hybridized carbons (Fsp3) is 0.188. The largest absolute Gasteiger partial charge is 0.486 e. The average Bonchev–Trinajstić information content (AvgIpc) is 2.53. The summed E-state index contributed by atoms with van der Waals surface area (Å²) in [6, 6.07) is 13.1. The molecule has 4 nitrogen and oxygen atoms in total. The van der Waals surface area contributed by atoms with E-state index in [0.29, 0.717) is 41.8 Å². The molecule has 0 fully saturated rings. The van der Waals surface area contributed by atoms with E-state index in [1.54, 1.807) is 18.2 Å². The first-order valence-corrected chi connectivity index (χ1v) is 6.96. The van der Waals surface area contributed by atoms with Crippen molar-refractivity contribution in [2.24, 2.45) is 0 Å². The van der Waals surface area contributed by atoms with Crippen LogP contribution in [0, 0.1) is 11.3 Å². The fourth-order valence-electron chi connectivity index (χ4n) is 2.09. The minimum atomic E-state index is 0.543. The van der Waals surface area contributed by atoms with Gasteiger partial charge in [0, 0.05) is 18.7 Å². The molecule has 3 rings (SSSR count). The Hall–Kier alpha value is -2.38. The molecule has 106 valence electrons. The molecular formula is C16H13ClN2O2. The monoisotopic (exact) mass is 300 g/mol. The third kappa shape index (κ3) is 3.04. The molecule has 1 aliphatic rings. The molecule has 0 bridgehead atoms. The lowest BCUT2D eigenvalue weighted by Gasteiger charge is -2.20. The maximum atomic E-state index is 8.78. The number of nitrogens with one attached hydrogen (secondary N) is 1. The minimum Gasteiger partial charge on any atom is -0.486 e. The van der Waals surface area contributed by atoms with Crippen molar-refractivity contribution in [3.63, 3.8) is 0 Å². The second kappa shape index (κ2) is 5.94. The molecular weight excluding hydrogens is 288 g/mol. The van der Waals surface area contributed by atoms with E-state index >= 15 is 0 Å². The van der Waals surface area contributed by atoms with Gasteiger partial charge < -0.3 is 14.8 Å². The van der Waals surface area contributed by atoms with Gasteiger partial charge in [0.15, 0.2) is 11.5 Å². The van der Waals surface area contributed by atoms with E-state index in [2.05, 4.69) is 11.4 Å². The molecule has 0 radical (unpaired) electrons. The quantitative estimate of drug-likeness (QED) is 0.941. The second-order valence-electron chi connectivity index (χ2n) is 4.64. The van der Waals surface area contributed by atoms with Gasteiger partial charge in [-0.1, -0.05) is 23.7 Å². The van der Waals surface area contributed by atoms with Gasteiger partial charge in [-0.3, -0.25) is 0 Å². The first-order valence-electron chi connectivity index (χ1n) is 6.58. The van der Waals surface area contributed by atoms with Gasteiger partial charge >= 0.3 is 0 Å². The van der Waals surface area contributed by atoms with Crippen molar-refractivity contribution in [3.05, 3.63) is 52.5 Å². The van der Waals surface area contributed by atoms with Crippen LogP contribution in [0.2, 0.25) is 5.02 Å². The summed E-state index contributed by atoms with van der Waals surface area (Å²) in [6.07, 6.45) is 0. The summed E-state index contributed by atoms with van der Waals surface area (Å²) in [7, 11) is 0. The van der Waals surface area contributed by atoms with Gasteiger partial charge in [0.2, 0.25) is 0 Å². The highest BCUT2D eigenvalue weighted by Gasteiger charge is 2.14. The summed E-state index contributed by atoms with van der Waals surface area (Å²) >= 11 is 6.23. The van der Waals surface area contributed by atoms with Crippen LogP contribution in [0.1, 0.15) is 11.1 Å². The number of hydrogen-bond donors (Lipinski definition) is 1. The third-order valence-electron chi connectivity index (χ3n) is 3.20. The molecule has 0 amide bonds. The van der Waals surface area contributed by atoms with Gasteiger partial charge in [-0.15, -0.1) is 0 Å². The van der Waals surface area contributed by atoms with Gasteiger partial charge in [0.25, 0.3) is 0 Å². The van der Waals surface area contributed by atoms with Crippen LogP contribution in [0.5, 0.6) is 11.5 Å². The summed E-state index contributed by atoms with van der Waals surface area (Å²) in [6.45, 7) is 1.70. The van der Waals surface area contributed by atoms with Crippen molar-refractivity contribution in [3.8, 4) is 17.6 Å². The lowest BCUT2D eigenvalue weighted by Crippen LogP contribution is -2.15. The van der Waals surface area contributed by atoms with Gasteiger partial charge in [0.1, 0.15) is 13.2 Å². The van der Waals surface area contributed by atoms with Crippen LogP contribution in [-0.4, -0.2) is 13.2 Å². The number of nitrogens with zero attached hydrogens (tertiary/aromatic N) is 1. The Morgan fingerprint density at radius 2 is 1.76 bits per heavy atom. The molecule has 2 aromatic rings.